The molecule has 80 valence electrons. The van der Waals surface area contributed by atoms with Crippen molar-refractivity contribution in [1.82, 2.24) is 10.2 Å². The second-order valence-electron chi connectivity index (χ2n) is 3.67. The van der Waals surface area contributed by atoms with Crippen LogP contribution in [-0.2, 0) is 0 Å². The smallest absolute Gasteiger partial charge is 0.0558 e. The van der Waals surface area contributed by atoms with Gasteiger partial charge < -0.3 is 10.4 Å². The van der Waals surface area contributed by atoms with Gasteiger partial charge in [-0.05, 0) is 13.0 Å². The fourth-order valence-corrected chi connectivity index (χ4v) is 1.30. The first-order valence-corrected chi connectivity index (χ1v) is 5.27. The summed E-state index contributed by atoms with van der Waals surface area (Å²) in [4.78, 5) is 2.29. The Bertz CT molecular complexity index is 101. The SMILES string of the molecule is CCCN(CCO)CCNC(C)C. The molecule has 13 heavy (non-hydrogen) atoms. The van der Waals surface area contributed by atoms with E-state index in [-0.39, 0.29) is 6.61 Å². The van der Waals surface area contributed by atoms with Gasteiger partial charge in [0, 0.05) is 25.7 Å². The molecule has 0 heterocycles. The monoisotopic (exact) mass is 188 g/mol. The van der Waals surface area contributed by atoms with Gasteiger partial charge in [-0.25, -0.2) is 0 Å². The molecule has 0 radical (unpaired) electrons. The summed E-state index contributed by atoms with van der Waals surface area (Å²) in [5.41, 5.74) is 0. The topological polar surface area (TPSA) is 35.5 Å². The fourth-order valence-electron chi connectivity index (χ4n) is 1.30. The standard InChI is InChI=1S/C10H24N2O/c1-4-6-12(8-9-13)7-5-11-10(2)3/h10-11,13H,4-9H2,1-3H3. The van der Waals surface area contributed by atoms with Gasteiger partial charge in [-0.3, -0.25) is 4.90 Å². The second-order valence-corrected chi connectivity index (χ2v) is 3.67. The molecule has 0 aliphatic rings. The Kier molecular flexibility index (Phi) is 8.40. The molecule has 0 aromatic rings. The van der Waals surface area contributed by atoms with Crippen LogP contribution in [0, 0.1) is 0 Å². The van der Waals surface area contributed by atoms with Gasteiger partial charge in [-0.1, -0.05) is 20.8 Å². The van der Waals surface area contributed by atoms with Crippen LogP contribution >= 0.6 is 0 Å². The largest absolute Gasteiger partial charge is 0.395 e. The maximum Gasteiger partial charge on any atom is 0.0558 e. The predicted molar refractivity (Wildman–Crippen MR) is 57.0 cm³/mol. The molecule has 0 aromatic carbocycles. The van der Waals surface area contributed by atoms with E-state index >= 15 is 0 Å². The molecule has 0 aliphatic heterocycles. The van der Waals surface area contributed by atoms with Crippen LogP contribution in [0.2, 0.25) is 0 Å². The van der Waals surface area contributed by atoms with Gasteiger partial charge in [0.25, 0.3) is 0 Å². The molecule has 0 aliphatic carbocycles. The number of aliphatic hydroxyl groups is 1. The van der Waals surface area contributed by atoms with Crippen LogP contribution in [-0.4, -0.2) is 48.8 Å². The number of rotatable bonds is 8. The van der Waals surface area contributed by atoms with Crippen molar-refractivity contribution < 1.29 is 5.11 Å². The molecule has 3 heteroatoms. The Labute approximate surface area is 82.1 Å². The van der Waals surface area contributed by atoms with E-state index in [4.69, 9.17) is 5.11 Å². The average molecular weight is 188 g/mol. The van der Waals surface area contributed by atoms with E-state index in [0.29, 0.717) is 6.04 Å². The summed E-state index contributed by atoms with van der Waals surface area (Å²) in [5, 5.41) is 12.2. The molecule has 0 fully saturated rings. The summed E-state index contributed by atoms with van der Waals surface area (Å²) in [6, 6.07) is 0.553. The number of hydrogen-bond donors (Lipinski definition) is 2. The molecule has 0 bridgehead atoms. The molecule has 2 N–H and O–H groups in total. The summed E-state index contributed by atoms with van der Waals surface area (Å²) in [6.45, 7) is 10.7. The average Bonchev–Trinajstić information content (AvgIpc) is 2.04. The van der Waals surface area contributed by atoms with E-state index in [1.165, 1.54) is 0 Å². The second kappa shape index (κ2) is 8.48. The van der Waals surface area contributed by atoms with Crippen molar-refractivity contribution in [2.75, 3.05) is 32.8 Å². The van der Waals surface area contributed by atoms with Crippen molar-refractivity contribution in [3.8, 4) is 0 Å². The minimum absolute atomic E-state index is 0.266. The first kappa shape index (κ1) is 12.9. The van der Waals surface area contributed by atoms with Crippen LogP contribution in [0.3, 0.4) is 0 Å². The molecule has 0 amide bonds. The molecule has 0 aromatic heterocycles. The zero-order chi connectivity index (χ0) is 10.1. The van der Waals surface area contributed by atoms with Gasteiger partial charge in [-0.2, -0.15) is 0 Å². The zero-order valence-electron chi connectivity index (χ0n) is 9.21. The Morgan fingerprint density at radius 3 is 2.38 bits per heavy atom. The molecule has 0 rings (SSSR count). The lowest BCUT2D eigenvalue weighted by Crippen LogP contribution is -2.36. The van der Waals surface area contributed by atoms with Gasteiger partial charge in [0.05, 0.1) is 6.61 Å². The van der Waals surface area contributed by atoms with Crippen molar-refractivity contribution in [3.05, 3.63) is 0 Å². The van der Waals surface area contributed by atoms with Gasteiger partial charge in [0.2, 0.25) is 0 Å². The summed E-state index contributed by atoms with van der Waals surface area (Å²) in [7, 11) is 0. The maximum atomic E-state index is 8.81. The zero-order valence-corrected chi connectivity index (χ0v) is 9.21. The number of hydrogen-bond acceptors (Lipinski definition) is 3. The van der Waals surface area contributed by atoms with Crippen LogP contribution in [0.5, 0.6) is 0 Å². The number of nitrogens with one attached hydrogen (secondary N) is 1. The summed E-state index contributed by atoms with van der Waals surface area (Å²) >= 11 is 0. The molecule has 3 nitrogen and oxygen atoms in total. The highest BCUT2D eigenvalue weighted by atomic mass is 16.3. The van der Waals surface area contributed by atoms with Crippen LogP contribution in [0.25, 0.3) is 0 Å². The van der Waals surface area contributed by atoms with Crippen LogP contribution in [0.15, 0.2) is 0 Å². The Balaban J connectivity index is 3.44. The van der Waals surface area contributed by atoms with E-state index < -0.39 is 0 Å². The minimum atomic E-state index is 0.266. The van der Waals surface area contributed by atoms with Crippen molar-refractivity contribution in [3.63, 3.8) is 0 Å². The van der Waals surface area contributed by atoms with Gasteiger partial charge >= 0.3 is 0 Å². The molecule has 0 saturated carbocycles. The summed E-state index contributed by atoms with van der Waals surface area (Å²) in [6.07, 6.45) is 1.15. The van der Waals surface area contributed by atoms with E-state index in [0.717, 1.165) is 32.6 Å². The summed E-state index contributed by atoms with van der Waals surface area (Å²) < 4.78 is 0. The minimum Gasteiger partial charge on any atom is -0.395 e. The lowest BCUT2D eigenvalue weighted by atomic mass is 10.3. The predicted octanol–water partition coefficient (Wildman–Crippen LogP) is 0.689. The van der Waals surface area contributed by atoms with Crippen LogP contribution in [0.4, 0.5) is 0 Å². The van der Waals surface area contributed by atoms with Gasteiger partial charge in [0.15, 0.2) is 0 Å². The van der Waals surface area contributed by atoms with Crippen molar-refractivity contribution in [1.29, 1.82) is 0 Å². The molecule has 0 spiro atoms. The Morgan fingerprint density at radius 1 is 1.23 bits per heavy atom. The lowest BCUT2D eigenvalue weighted by Gasteiger charge is -2.21. The molecular weight excluding hydrogens is 164 g/mol. The van der Waals surface area contributed by atoms with Crippen LogP contribution < -0.4 is 5.32 Å². The third-order valence-electron chi connectivity index (χ3n) is 1.94. The first-order valence-electron chi connectivity index (χ1n) is 5.27. The molecule has 0 atom stereocenters. The highest BCUT2D eigenvalue weighted by molar-refractivity contribution is 4.60. The third kappa shape index (κ3) is 8.22. The first-order chi connectivity index (χ1) is 6.20. The van der Waals surface area contributed by atoms with Crippen molar-refractivity contribution in [2.24, 2.45) is 0 Å². The lowest BCUT2D eigenvalue weighted by molar-refractivity contribution is 0.195. The van der Waals surface area contributed by atoms with Crippen molar-refractivity contribution in [2.45, 2.75) is 33.2 Å². The Hall–Kier alpha value is -0.120. The quantitative estimate of drug-likeness (QED) is 0.588. The molecule has 0 saturated heterocycles. The van der Waals surface area contributed by atoms with Gasteiger partial charge in [0.1, 0.15) is 0 Å². The maximum absolute atomic E-state index is 8.81. The van der Waals surface area contributed by atoms with E-state index in [2.05, 4.69) is 31.0 Å². The fraction of sp³-hybridized carbons (Fsp3) is 1.00. The molecule has 0 unspecified atom stereocenters. The highest BCUT2D eigenvalue weighted by Crippen LogP contribution is 1.89. The third-order valence-corrected chi connectivity index (χ3v) is 1.94. The van der Waals surface area contributed by atoms with E-state index in [1.807, 2.05) is 0 Å². The molecular formula is C10H24N2O. The Morgan fingerprint density at radius 2 is 1.92 bits per heavy atom. The number of aliphatic hydroxyl groups excluding tert-OH is 1. The van der Waals surface area contributed by atoms with Crippen LogP contribution in [0.1, 0.15) is 27.2 Å². The van der Waals surface area contributed by atoms with E-state index in [9.17, 15) is 0 Å². The van der Waals surface area contributed by atoms with Crippen molar-refractivity contribution >= 4 is 0 Å². The summed E-state index contributed by atoms with van der Waals surface area (Å²) in [5.74, 6) is 0. The normalized spacial score (nSPS) is 11.5. The van der Waals surface area contributed by atoms with E-state index in [1.54, 1.807) is 0 Å². The van der Waals surface area contributed by atoms with Gasteiger partial charge in [-0.15, -0.1) is 0 Å². The number of nitrogens with zero attached hydrogens (tertiary/aromatic N) is 1. The highest BCUT2D eigenvalue weighted by Gasteiger charge is 2.02.